The third-order valence-corrected chi connectivity index (χ3v) is 6.03. The number of imide groups is 2. The molecule has 0 radical (unpaired) electrons. The van der Waals surface area contributed by atoms with Gasteiger partial charge in [0.05, 0.1) is 0 Å². The number of rotatable bonds is 4. The molecule has 2 aliphatic carbocycles. The van der Waals surface area contributed by atoms with Crippen LogP contribution in [0.25, 0.3) is 0 Å². The van der Waals surface area contributed by atoms with Crippen molar-refractivity contribution in [3.05, 3.63) is 0 Å². The van der Waals surface area contributed by atoms with Gasteiger partial charge in [0, 0.05) is 18.2 Å². The molecule has 7 heteroatoms. The largest absolute Gasteiger partial charge is 0.353 e. The van der Waals surface area contributed by atoms with Crippen molar-refractivity contribution in [2.45, 2.75) is 89.3 Å². The Morgan fingerprint density at radius 2 is 1.73 bits per heavy atom. The van der Waals surface area contributed by atoms with Crippen LogP contribution in [0.15, 0.2) is 4.99 Å². The monoisotopic (exact) mass is 363 g/mol. The lowest BCUT2D eigenvalue weighted by Gasteiger charge is -2.38. The van der Waals surface area contributed by atoms with Gasteiger partial charge in [-0.25, -0.2) is 4.79 Å². The Morgan fingerprint density at radius 1 is 1.08 bits per heavy atom. The van der Waals surface area contributed by atoms with Crippen LogP contribution in [-0.4, -0.2) is 46.6 Å². The molecule has 7 nitrogen and oxygen atoms in total. The molecular weight excluding hydrogens is 332 g/mol. The van der Waals surface area contributed by atoms with Gasteiger partial charge in [-0.2, -0.15) is 0 Å². The van der Waals surface area contributed by atoms with Gasteiger partial charge in [-0.05, 0) is 32.1 Å². The van der Waals surface area contributed by atoms with E-state index in [2.05, 4.69) is 11.1 Å². The molecule has 26 heavy (non-hydrogen) atoms. The number of urea groups is 1. The zero-order valence-corrected chi connectivity index (χ0v) is 15.7. The molecule has 1 saturated heterocycles. The van der Waals surface area contributed by atoms with E-state index in [1.807, 2.05) is 6.92 Å². The molecule has 4 N–H and O–H groups in total. The van der Waals surface area contributed by atoms with E-state index in [0.717, 1.165) is 57.8 Å². The van der Waals surface area contributed by atoms with Crippen LogP contribution in [0, 0.1) is 5.92 Å². The van der Waals surface area contributed by atoms with E-state index >= 15 is 0 Å². The summed E-state index contributed by atoms with van der Waals surface area (Å²) in [6.07, 6.45) is 9.58. The lowest BCUT2D eigenvalue weighted by atomic mass is 9.89. The van der Waals surface area contributed by atoms with Gasteiger partial charge in [-0.3, -0.25) is 24.8 Å². The molecule has 0 aromatic rings. The summed E-state index contributed by atoms with van der Waals surface area (Å²) in [6, 6.07) is -0.366. The Bertz CT molecular complexity index is 598. The van der Waals surface area contributed by atoms with Gasteiger partial charge in [0.1, 0.15) is 12.1 Å². The van der Waals surface area contributed by atoms with Crippen LogP contribution in [0.1, 0.15) is 71.1 Å². The Labute approximate surface area is 154 Å². The maximum Gasteiger partial charge on any atom is 0.331 e. The van der Waals surface area contributed by atoms with Crippen LogP contribution in [0.2, 0.25) is 0 Å². The third kappa shape index (κ3) is 3.82. The first-order valence-electron chi connectivity index (χ1n) is 10.1. The molecule has 1 aliphatic heterocycles. The summed E-state index contributed by atoms with van der Waals surface area (Å²) >= 11 is 0. The van der Waals surface area contributed by atoms with Gasteiger partial charge in [0.2, 0.25) is 11.8 Å². The zero-order valence-electron chi connectivity index (χ0n) is 15.7. The summed E-state index contributed by atoms with van der Waals surface area (Å²) < 4.78 is 0. The van der Waals surface area contributed by atoms with Crippen LogP contribution in [0.5, 0.6) is 0 Å². The van der Waals surface area contributed by atoms with Crippen LogP contribution < -0.4 is 11.1 Å². The average molecular weight is 363 g/mol. The molecule has 0 aromatic carbocycles. The second kappa shape index (κ2) is 8.29. The first kappa shape index (κ1) is 19.0. The van der Waals surface area contributed by atoms with Crippen molar-refractivity contribution in [3.63, 3.8) is 0 Å². The minimum Gasteiger partial charge on any atom is -0.353 e. The average Bonchev–Trinajstić information content (AvgIpc) is 2.63. The van der Waals surface area contributed by atoms with Crippen molar-refractivity contribution >= 4 is 23.6 Å². The first-order chi connectivity index (χ1) is 12.5. The van der Waals surface area contributed by atoms with Crippen LogP contribution in [0.4, 0.5) is 4.79 Å². The molecule has 0 spiro atoms. The van der Waals surface area contributed by atoms with Crippen molar-refractivity contribution in [2.75, 3.05) is 0 Å². The number of hydrogen-bond donors (Lipinski definition) is 2. The van der Waals surface area contributed by atoms with E-state index in [-0.39, 0.29) is 24.0 Å². The number of quaternary nitrogens is 1. The van der Waals surface area contributed by atoms with Crippen LogP contribution >= 0.6 is 0 Å². The Balaban J connectivity index is 1.84. The first-order valence-corrected chi connectivity index (χ1v) is 10.1. The number of nitrogens with zero attached hydrogens (tertiary/aromatic N) is 2. The number of barbiturate groups is 1. The topological polar surface area (TPSA) is 106 Å². The highest BCUT2D eigenvalue weighted by molar-refractivity contribution is 6.27. The molecule has 2 saturated carbocycles. The minimum atomic E-state index is -0.964. The van der Waals surface area contributed by atoms with Gasteiger partial charge >= 0.3 is 6.03 Å². The summed E-state index contributed by atoms with van der Waals surface area (Å²) in [5, 5.41) is 2.40. The third-order valence-electron chi connectivity index (χ3n) is 6.03. The summed E-state index contributed by atoms with van der Waals surface area (Å²) in [5.74, 6) is -1.87. The number of nitrogens with one attached hydrogen (secondary N) is 1. The number of aliphatic imine (C=N–C) groups is 1. The number of hydrogen-bond acceptors (Lipinski definition) is 4. The summed E-state index contributed by atoms with van der Waals surface area (Å²) in [5.41, 5.74) is 4.79. The fraction of sp³-hybridized carbons (Fsp3) is 0.789. The highest BCUT2D eigenvalue weighted by Crippen LogP contribution is 2.27. The predicted octanol–water partition coefficient (Wildman–Crippen LogP) is 1.42. The molecular formula is C19H31N4O3+. The zero-order chi connectivity index (χ0) is 18.7. The molecule has 144 valence electrons. The van der Waals surface area contributed by atoms with E-state index in [1.165, 1.54) is 4.90 Å². The van der Waals surface area contributed by atoms with Gasteiger partial charge in [-0.1, -0.05) is 32.6 Å². The van der Waals surface area contributed by atoms with Crippen molar-refractivity contribution in [1.29, 1.82) is 0 Å². The van der Waals surface area contributed by atoms with Crippen molar-refractivity contribution < 1.29 is 20.1 Å². The molecule has 3 aliphatic rings. The highest BCUT2D eigenvalue weighted by atomic mass is 16.2. The van der Waals surface area contributed by atoms with E-state index in [4.69, 9.17) is 4.99 Å². The van der Waals surface area contributed by atoms with Gasteiger partial charge in [0.15, 0.2) is 5.92 Å². The molecule has 4 amide bonds. The lowest BCUT2D eigenvalue weighted by molar-refractivity contribution is -0.428. The maximum absolute atomic E-state index is 13.1. The molecule has 0 bridgehead atoms. The fourth-order valence-electron chi connectivity index (χ4n) is 4.51. The number of carbonyl (C=O) groups is 3. The summed E-state index contributed by atoms with van der Waals surface area (Å²) in [4.78, 5) is 44.0. The molecule has 3 rings (SSSR count). The second-order valence-electron chi connectivity index (χ2n) is 7.81. The van der Waals surface area contributed by atoms with Gasteiger partial charge in [0.25, 0.3) is 0 Å². The Morgan fingerprint density at radius 3 is 2.38 bits per heavy atom. The van der Waals surface area contributed by atoms with Crippen LogP contribution in [-0.2, 0) is 9.59 Å². The molecule has 3 atom stereocenters. The van der Waals surface area contributed by atoms with Crippen molar-refractivity contribution in [3.8, 4) is 0 Å². The quantitative estimate of drug-likeness (QED) is 0.582. The number of amides is 4. The highest BCUT2D eigenvalue weighted by Gasteiger charge is 2.46. The molecule has 1 heterocycles. The normalized spacial score (nSPS) is 31.9. The molecule has 1 unspecified atom stereocenters. The van der Waals surface area contributed by atoms with Crippen molar-refractivity contribution in [1.82, 2.24) is 10.2 Å². The molecule has 0 aromatic heterocycles. The van der Waals surface area contributed by atoms with E-state index in [1.54, 1.807) is 0 Å². The summed E-state index contributed by atoms with van der Waals surface area (Å²) in [7, 11) is 0. The summed E-state index contributed by atoms with van der Waals surface area (Å²) in [6.45, 7) is 1.92. The Kier molecular flexibility index (Phi) is 6.06. The number of carbonyl (C=O) groups excluding carboxylic acids is 3. The second-order valence-corrected chi connectivity index (χ2v) is 7.81. The lowest BCUT2D eigenvalue weighted by Crippen LogP contribution is -2.67. The predicted molar refractivity (Wildman–Crippen MR) is 97.4 cm³/mol. The van der Waals surface area contributed by atoms with E-state index < -0.39 is 17.9 Å². The SMILES string of the molecule is CCC(=N[C@@H]1CCCC[C@H]1[NH3+])C1C(=O)NC(=O)N(C2CCCCC2)C1=O. The van der Waals surface area contributed by atoms with E-state index in [9.17, 15) is 14.4 Å². The van der Waals surface area contributed by atoms with Gasteiger partial charge in [-0.15, -0.1) is 0 Å². The fourth-order valence-corrected chi connectivity index (χ4v) is 4.51. The van der Waals surface area contributed by atoms with Crippen molar-refractivity contribution in [2.24, 2.45) is 10.9 Å². The minimum absolute atomic E-state index is 0.0695. The van der Waals surface area contributed by atoms with E-state index in [0.29, 0.717) is 12.1 Å². The van der Waals surface area contributed by atoms with Crippen LogP contribution in [0.3, 0.4) is 0 Å². The Hall–Kier alpha value is -1.76. The standard InChI is InChI=1S/C19H30N4O3/c1-2-14(21-15-11-7-6-10-13(15)20)16-17(24)22-19(26)23(18(16)25)12-8-4-3-5-9-12/h12-13,15-16H,2-11,20H2,1H3,(H,22,24,26)/p+1/t13-,15-,16?/m1/s1. The maximum atomic E-state index is 13.1. The molecule has 3 fully saturated rings. The van der Waals surface area contributed by atoms with Gasteiger partial charge < -0.3 is 5.73 Å². The smallest absolute Gasteiger partial charge is 0.331 e.